The summed E-state index contributed by atoms with van der Waals surface area (Å²) >= 11 is 0. The van der Waals surface area contributed by atoms with Gasteiger partial charge in [0.1, 0.15) is 12.1 Å². The molecule has 0 radical (unpaired) electrons. The van der Waals surface area contributed by atoms with E-state index in [0.717, 1.165) is 0 Å². The highest BCUT2D eigenvalue weighted by Gasteiger charge is 2.23. The van der Waals surface area contributed by atoms with Crippen molar-refractivity contribution in [3.05, 3.63) is 0 Å². The second-order valence-electron chi connectivity index (χ2n) is 5.53. The fourth-order valence-corrected chi connectivity index (χ4v) is 1.88. The summed E-state index contributed by atoms with van der Waals surface area (Å²) in [7, 11) is 0. The molecule has 0 unspecified atom stereocenters. The van der Waals surface area contributed by atoms with Crippen LogP contribution in [0.3, 0.4) is 0 Å². The van der Waals surface area contributed by atoms with E-state index < -0.39 is 11.7 Å². The molecule has 1 aliphatic heterocycles. The maximum absolute atomic E-state index is 12.1. The van der Waals surface area contributed by atoms with E-state index in [4.69, 9.17) is 9.47 Å². The smallest absolute Gasteiger partial charge is 0.408 e. The molecule has 0 atom stereocenters. The Hall–Kier alpha value is -1.34. The van der Waals surface area contributed by atoms with Gasteiger partial charge < -0.3 is 14.8 Å². The average molecular weight is 287 g/mol. The number of hydrogen-bond donors (Lipinski definition) is 1. The Morgan fingerprint density at radius 1 is 1.30 bits per heavy atom. The molecular weight excluding hydrogens is 262 g/mol. The Balaban J connectivity index is 2.41. The molecule has 0 aromatic carbocycles. The van der Waals surface area contributed by atoms with Crippen molar-refractivity contribution in [1.82, 2.24) is 15.3 Å². The highest BCUT2D eigenvalue weighted by molar-refractivity contribution is 5.82. The monoisotopic (exact) mass is 287 g/mol. The number of amides is 2. The van der Waals surface area contributed by atoms with E-state index in [1.165, 1.54) is 0 Å². The van der Waals surface area contributed by atoms with Gasteiger partial charge in [-0.3, -0.25) is 9.80 Å². The van der Waals surface area contributed by atoms with Gasteiger partial charge in [-0.25, -0.2) is 9.80 Å². The van der Waals surface area contributed by atoms with Gasteiger partial charge in [0.25, 0.3) is 5.91 Å². The molecule has 7 nitrogen and oxygen atoms in total. The number of carbonyl (C=O) groups is 2. The lowest BCUT2D eigenvalue weighted by molar-refractivity contribution is -0.155. The van der Waals surface area contributed by atoms with Gasteiger partial charge in [0.2, 0.25) is 0 Å². The number of likely N-dealkylation sites (N-methyl/N-ethyl adjacent to an activating group) is 1. The first-order valence-electron chi connectivity index (χ1n) is 6.93. The predicted octanol–water partition coefficient (Wildman–Crippen LogP) is 0.607. The van der Waals surface area contributed by atoms with Crippen molar-refractivity contribution < 1.29 is 19.1 Å². The number of morpholine rings is 1. The lowest BCUT2D eigenvalue weighted by Gasteiger charge is -2.36. The average Bonchev–Trinajstić information content (AvgIpc) is 2.36. The lowest BCUT2D eigenvalue weighted by Crippen LogP contribution is -2.54. The van der Waals surface area contributed by atoms with E-state index in [0.29, 0.717) is 32.8 Å². The van der Waals surface area contributed by atoms with E-state index in [9.17, 15) is 9.59 Å². The summed E-state index contributed by atoms with van der Waals surface area (Å²) in [5, 5.41) is 6.07. The predicted molar refractivity (Wildman–Crippen MR) is 74.0 cm³/mol. The van der Waals surface area contributed by atoms with Crippen molar-refractivity contribution in [2.75, 3.05) is 39.4 Å². The molecule has 1 heterocycles. The van der Waals surface area contributed by atoms with Crippen molar-refractivity contribution in [2.24, 2.45) is 0 Å². The summed E-state index contributed by atoms with van der Waals surface area (Å²) in [6, 6.07) is 0. The first-order chi connectivity index (χ1) is 9.33. The van der Waals surface area contributed by atoms with Crippen molar-refractivity contribution >= 4 is 12.0 Å². The van der Waals surface area contributed by atoms with Crippen LogP contribution in [0.4, 0.5) is 4.79 Å². The molecule has 116 valence electrons. The van der Waals surface area contributed by atoms with E-state index in [2.05, 4.69) is 5.32 Å². The number of nitrogens with zero attached hydrogens (tertiary/aromatic N) is 2. The standard InChI is InChI=1S/C13H25N3O4/c1-5-16(15-6-8-19-9-7-15)11(17)10-14-12(18)20-13(2,3)4/h5-10H2,1-4H3,(H,14,18). The highest BCUT2D eigenvalue weighted by atomic mass is 16.6. The fourth-order valence-electron chi connectivity index (χ4n) is 1.88. The van der Waals surface area contributed by atoms with Crippen LogP contribution in [0.25, 0.3) is 0 Å². The first kappa shape index (κ1) is 16.7. The third-order valence-electron chi connectivity index (χ3n) is 2.70. The first-order valence-corrected chi connectivity index (χ1v) is 6.93. The molecule has 2 amide bonds. The zero-order valence-corrected chi connectivity index (χ0v) is 12.8. The van der Waals surface area contributed by atoms with Gasteiger partial charge in [-0.15, -0.1) is 0 Å². The molecule has 0 aliphatic carbocycles. The molecule has 0 spiro atoms. The molecule has 0 bridgehead atoms. The van der Waals surface area contributed by atoms with Gasteiger partial charge in [-0.2, -0.15) is 0 Å². The molecule has 7 heteroatoms. The highest BCUT2D eigenvalue weighted by Crippen LogP contribution is 2.07. The van der Waals surface area contributed by atoms with Crippen LogP contribution in [-0.4, -0.2) is 67.0 Å². The summed E-state index contributed by atoms with van der Waals surface area (Å²) in [4.78, 5) is 23.6. The minimum Gasteiger partial charge on any atom is -0.444 e. The zero-order chi connectivity index (χ0) is 15.2. The molecular formula is C13H25N3O4. The minimum atomic E-state index is -0.580. The van der Waals surface area contributed by atoms with Gasteiger partial charge >= 0.3 is 6.09 Å². The SMILES string of the molecule is CCN(C(=O)CNC(=O)OC(C)(C)C)N1CCOCC1. The van der Waals surface area contributed by atoms with E-state index in [1.807, 2.05) is 11.9 Å². The Kier molecular flexibility index (Phi) is 6.22. The van der Waals surface area contributed by atoms with Crippen LogP contribution < -0.4 is 5.32 Å². The molecule has 0 aromatic rings. The van der Waals surface area contributed by atoms with Gasteiger partial charge in [0, 0.05) is 19.6 Å². The van der Waals surface area contributed by atoms with Crippen LogP contribution in [0, 0.1) is 0 Å². The third kappa shape index (κ3) is 5.75. The van der Waals surface area contributed by atoms with Crippen LogP contribution in [0.15, 0.2) is 0 Å². The third-order valence-corrected chi connectivity index (χ3v) is 2.70. The maximum atomic E-state index is 12.1. The van der Waals surface area contributed by atoms with Crippen LogP contribution >= 0.6 is 0 Å². The largest absolute Gasteiger partial charge is 0.444 e. The van der Waals surface area contributed by atoms with E-state index in [1.54, 1.807) is 25.8 Å². The van der Waals surface area contributed by atoms with E-state index in [-0.39, 0.29) is 12.5 Å². The number of carbonyl (C=O) groups excluding carboxylic acids is 2. The Bertz CT molecular complexity index is 335. The minimum absolute atomic E-state index is 0.0693. The zero-order valence-electron chi connectivity index (χ0n) is 12.8. The molecule has 1 rings (SSSR count). The van der Waals surface area contributed by atoms with Crippen molar-refractivity contribution in [3.63, 3.8) is 0 Å². The number of ether oxygens (including phenoxy) is 2. The van der Waals surface area contributed by atoms with Crippen LogP contribution in [0.5, 0.6) is 0 Å². The normalized spacial score (nSPS) is 16.6. The summed E-state index contributed by atoms with van der Waals surface area (Å²) in [5.41, 5.74) is -0.568. The van der Waals surface area contributed by atoms with Gasteiger partial charge in [-0.1, -0.05) is 0 Å². The molecule has 1 aliphatic rings. The maximum Gasteiger partial charge on any atom is 0.408 e. The second-order valence-corrected chi connectivity index (χ2v) is 5.53. The Labute approximate surface area is 120 Å². The topological polar surface area (TPSA) is 71.1 Å². The molecule has 1 saturated heterocycles. The number of nitrogens with one attached hydrogen (secondary N) is 1. The number of alkyl carbamates (subject to hydrolysis) is 1. The quantitative estimate of drug-likeness (QED) is 0.820. The summed E-state index contributed by atoms with van der Waals surface area (Å²) in [6.45, 7) is 10.3. The molecule has 0 saturated carbocycles. The van der Waals surface area contributed by atoms with Gasteiger partial charge in [0.05, 0.1) is 13.2 Å². The summed E-state index contributed by atoms with van der Waals surface area (Å²) in [5.74, 6) is -0.153. The molecule has 1 fully saturated rings. The van der Waals surface area contributed by atoms with Crippen molar-refractivity contribution in [3.8, 4) is 0 Å². The van der Waals surface area contributed by atoms with Crippen molar-refractivity contribution in [2.45, 2.75) is 33.3 Å². The van der Waals surface area contributed by atoms with Crippen LogP contribution in [0.2, 0.25) is 0 Å². The van der Waals surface area contributed by atoms with Gasteiger partial charge in [0.15, 0.2) is 0 Å². The Morgan fingerprint density at radius 3 is 2.40 bits per heavy atom. The molecule has 20 heavy (non-hydrogen) atoms. The van der Waals surface area contributed by atoms with E-state index >= 15 is 0 Å². The van der Waals surface area contributed by atoms with Gasteiger partial charge in [-0.05, 0) is 27.7 Å². The van der Waals surface area contributed by atoms with Crippen LogP contribution in [0.1, 0.15) is 27.7 Å². The van der Waals surface area contributed by atoms with Crippen LogP contribution in [-0.2, 0) is 14.3 Å². The molecule has 0 aromatic heterocycles. The summed E-state index contributed by atoms with van der Waals surface area (Å²) in [6.07, 6.45) is -0.580. The lowest BCUT2D eigenvalue weighted by atomic mass is 10.2. The summed E-state index contributed by atoms with van der Waals surface area (Å²) < 4.78 is 10.4. The number of hydrogen-bond acceptors (Lipinski definition) is 5. The number of hydrazine groups is 1. The second kappa shape index (κ2) is 7.44. The van der Waals surface area contributed by atoms with Crippen molar-refractivity contribution in [1.29, 1.82) is 0 Å². The Morgan fingerprint density at radius 2 is 1.90 bits per heavy atom. The molecule has 1 N–H and O–H groups in total. The number of rotatable bonds is 4. The fraction of sp³-hybridized carbons (Fsp3) is 0.846.